The largest absolute Gasteiger partial charge is 0.259 e. The second kappa shape index (κ2) is 3.86. The maximum absolute atomic E-state index is 8.93. The van der Waals surface area contributed by atoms with Gasteiger partial charge in [0.15, 0.2) is 0 Å². The van der Waals surface area contributed by atoms with Crippen LogP contribution in [0.25, 0.3) is 5.57 Å². The van der Waals surface area contributed by atoms with E-state index in [2.05, 4.69) is 38.4 Å². The molecule has 0 saturated heterocycles. The van der Waals surface area contributed by atoms with Crippen molar-refractivity contribution in [3.8, 4) is 6.07 Å². The fourth-order valence-corrected chi connectivity index (χ4v) is 1.31. The first-order valence-corrected chi connectivity index (χ1v) is 4.92. The average Bonchev–Trinajstić information content (AvgIpc) is 2.15. The van der Waals surface area contributed by atoms with E-state index in [1.165, 1.54) is 0 Å². The van der Waals surface area contributed by atoms with Gasteiger partial charge >= 0.3 is 0 Å². The Balaban J connectivity index is 3.37. The van der Waals surface area contributed by atoms with Crippen molar-refractivity contribution in [2.24, 2.45) is 0 Å². The van der Waals surface area contributed by atoms with Gasteiger partial charge in [-0.25, -0.2) is 0 Å². The second-order valence-electron chi connectivity index (χ2n) is 4.76. The smallest absolute Gasteiger partial charge is 0.101 e. The molecule has 0 atom stereocenters. The van der Waals surface area contributed by atoms with E-state index in [1.807, 2.05) is 13.0 Å². The van der Waals surface area contributed by atoms with Crippen molar-refractivity contribution in [2.45, 2.75) is 33.1 Å². The minimum Gasteiger partial charge on any atom is -0.259 e. The molecular formula is C13H16N2. The number of pyridine rings is 1. The van der Waals surface area contributed by atoms with Crippen LogP contribution < -0.4 is 0 Å². The Bertz CT molecular complexity index is 431. The van der Waals surface area contributed by atoms with E-state index in [0.29, 0.717) is 5.56 Å². The third kappa shape index (κ3) is 2.44. The zero-order chi connectivity index (χ0) is 11.6. The van der Waals surface area contributed by atoms with Crippen molar-refractivity contribution < 1.29 is 0 Å². The van der Waals surface area contributed by atoms with E-state index in [0.717, 1.165) is 16.8 Å². The Hall–Kier alpha value is -1.62. The molecule has 0 N–H and O–H groups in total. The van der Waals surface area contributed by atoms with Crippen LogP contribution >= 0.6 is 0 Å². The van der Waals surface area contributed by atoms with Crippen molar-refractivity contribution in [1.82, 2.24) is 4.98 Å². The van der Waals surface area contributed by atoms with Gasteiger partial charge in [0.05, 0.1) is 5.56 Å². The highest BCUT2D eigenvalue weighted by Crippen LogP contribution is 2.24. The molecule has 2 heteroatoms. The average molecular weight is 200 g/mol. The van der Waals surface area contributed by atoms with Gasteiger partial charge in [-0.3, -0.25) is 4.98 Å². The summed E-state index contributed by atoms with van der Waals surface area (Å²) in [4.78, 5) is 4.30. The van der Waals surface area contributed by atoms with Crippen LogP contribution in [0.15, 0.2) is 18.8 Å². The van der Waals surface area contributed by atoms with E-state index in [1.54, 1.807) is 6.20 Å². The Morgan fingerprint density at radius 3 is 2.47 bits per heavy atom. The van der Waals surface area contributed by atoms with Gasteiger partial charge in [0.1, 0.15) is 6.07 Å². The molecule has 0 saturated carbocycles. The second-order valence-corrected chi connectivity index (χ2v) is 4.76. The zero-order valence-corrected chi connectivity index (χ0v) is 9.76. The van der Waals surface area contributed by atoms with E-state index in [9.17, 15) is 0 Å². The predicted octanol–water partition coefficient (Wildman–Crippen LogP) is 3.28. The molecule has 0 amide bonds. The van der Waals surface area contributed by atoms with Crippen molar-refractivity contribution in [3.63, 3.8) is 0 Å². The first-order chi connectivity index (χ1) is 6.86. The Morgan fingerprint density at radius 1 is 1.47 bits per heavy atom. The van der Waals surface area contributed by atoms with Crippen LogP contribution in [0.4, 0.5) is 0 Å². The molecule has 0 aliphatic heterocycles. The molecule has 1 rings (SSSR count). The maximum atomic E-state index is 8.93. The molecule has 2 nitrogen and oxygen atoms in total. The van der Waals surface area contributed by atoms with Crippen molar-refractivity contribution in [1.29, 1.82) is 5.26 Å². The lowest BCUT2D eigenvalue weighted by Crippen LogP contribution is -2.14. The van der Waals surface area contributed by atoms with Crippen LogP contribution in [0, 0.1) is 11.3 Å². The molecule has 78 valence electrons. The van der Waals surface area contributed by atoms with Gasteiger partial charge in [-0.2, -0.15) is 5.26 Å². The lowest BCUT2D eigenvalue weighted by Gasteiger charge is -2.18. The summed E-state index contributed by atoms with van der Waals surface area (Å²) >= 11 is 0. The molecule has 0 spiro atoms. The lowest BCUT2D eigenvalue weighted by atomic mass is 9.89. The van der Waals surface area contributed by atoms with Gasteiger partial charge in [-0.1, -0.05) is 27.4 Å². The fourth-order valence-electron chi connectivity index (χ4n) is 1.31. The molecule has 15 heavy (non-hydrogen) atoms. The molecule has 0 aromatic carbocycles. The fraction of sp³-hybridized carbons (Fsp3) is 0.385. The van der Waals surface area contributed by atoms with Gasteiger partial charge < -0.3 is 0 Å². The van der Waals surface area contributed by atoms with Crippen LogP contribution in [-0.4, -0.2) is 4.98 Å². The number of nitriles is 1. The standard InChI is InChI=1S/C13H16N2/c1-9(2)11-6-12(13(3,4)5)15-8-10(11)7-14/h6,8H,1H2,2-5H3. The Kier molecular flexibility index (Phi) is 2.95. The third-order valence-corrected chi connectivity index (χ3v) is 2.25. The molecule has 1 aromatic rings. The summed E-state index contributed by atoms with van der Waals surface area (Å²) in [5.41, 5.74) is 3.38. The van der Waals surface area contributed by atoms with Gasteiger partial charge in [-0.15, -0.1) is 0 Å². The molecule has 1 heterocycles. The van der Waals surface area contributed by atoms with E-state index >= 15 is 0 Å². The molecule has 0 radical (unpaired) electrons. The topological polar surface area (TPSA) is 36.7 Å². The van der Waals surface area contributed by atoms with Crippen molar-refractivity contribution in [3.05, 3.63) is 35.7 Å². The minimum atomic E-state index is -0.00180. The Labute approximate surface area is 91.3 Å². The number of hydrogen-bond acceptors (Lipinski definition) is 2. The molecule has 0 aliphatic carbocycles. The van der Waals surface area contributed by atoms with Gasteiger partial charge in [0.2, 0.25) is 0 Å². The van der Waals surface area contributed by atoms with Crippen LogP contribution in [0.2, 0.25) is 0 Å². The minimum absolute atomic E-state index is 0.00180. The van der Waals surface area contributed by atoms with Gasteiger partial charge in [0, 0.05) is 17.3 Å². The van der Waals surface area contributed by atoms with Crippen molar-refractivity contribution in [2.75, 3.05) is 0 Å². The van der Waals surface area contributed by atoms with Gasteiger partial charge in [0.25, 0.3) is 0 Å². The number of aromatic nitrogens is 1. The number of allylic oxidation sites excluding steroid dienone is 1. The summed E-state index contributed by atoms with van der Waals surface area (Å²) in [7, 11) is 0. The first kappa shape index (κ1) is 11.5. The highest BCUT2D eigenvalue weighted by molar-refractivity contribution is 5.67. The van der Waals surface area contributed by atoms with Crippen LogP contribution in [0.5, 0.6) is 0 Å². The predicted molar refractivity (Wildman–Crippen MR) is 62.4 cm³/mol. The van der Waals surface area contributed by atoms with Gasteiger partial charge in [-0.05, 0) is 24.1 Å². The van der Waals surface area contributed by atoms with E-state index < -0.39 is 0 Å². The summed E-state index contributed by atoms with van der Waals surface area (Å²) in [6, 6.07) is 4.09. The van der Waals surface area contributed by atoms with Crippen LogP contribution in [0.1, 0.15) is 44.5 Å². The Morgan fingerprint density at radius 2 is 2.07 bits per heavy atom. The SMILES string of the molecule is C=C(C)c1cc(C(C)(C)C)ncc1C#N. The lowest BCUT2D eigenvalue weighted by molar-refractivity contribution is 0.568. The number of rotatable bonds is 1. The van der Waals surface area contributed by atoms with E-state index in [-0.39, 0.29) is 5.41 Å². The summed E-state index contributed by atoms with van der Waals surface area (Å²) in [5, 5.41) is 8.93. The summed E-state index contributed by atoms with van der Waals surface area (Å²) in [5.74, 6) is 0. The number of nitrogens with zero attached hydrogens (tertiary/aromatic N) is 2. The highest BCUT2D eigenvalue weighted by atomic mass is 14.7. The normalized spacial score (nSPS) is 10.9. The molecule has 0 fully saturated rings. The summed E-state index contributed by atoms with van der Waals surface area (Å²) in [6.45, 7) is 12.1. The van der Waals surface area contributed by atoms with Crippen molar-refractivity contribution >= 4 is 5.57 Å². The zero-order valence-electron chi connectivity index (χ0n) is 9.76. The van der Waals surface area contributed by atoms with Crippen LogP contribution in [-0.2, 0) is 5.41 Å². The summed E-state index contributed by atoms with van der Waals surface area (Å²) in [6.07, 6.45) is 1.63. The molecule has 0 bridgehead atoms. The summed E-state index contributed by atoms with van der Waals surface area (Å²) < 4.78 is 0. The van der Waals surface area contributed by atoms with E-state index in [4.69, 9.17) is 5.26 Å². The number of hydrogen-bond donors (Lipinski definition) is 0. The maximum Gasteiger partial charge on any atom is 0.101 e. The first-order valence-electron chi connectivity index (χ1n) is 4.92. The molecular weight excluding hydrogens is 184 g/mol. The molecule has 1 aromatic heterocycles. The third-order valence-electron chi connectivity index (χ3n) is 2.25. The molecule has 0 unspecified atom stereocenters. The highest BCUT2D eigenvalue weighted by Gasteiger charge is 2.17. The molecule has 0 aliphatic rings. The quantitative estimate of drug-likeness (QED) is 0.697. The monoisotopic (exact) mass is 200 g/mol. The van der Waals surface area contributed by atoms with Crippen LogP contribution in [0.3, 0.4) is 0 Å².